The van der Waals surface area contributed by atoms with Crippen LogP contribution in [-0.4, -0.2) is 0 Å². The third-order valence-electron chi connectivity index (χ3n) is 12.3. The highest BCUT2D eigenvalue weighted by Crippen LogP contribution is 2.61. The molecule has 2 aromatic heterocycles. The Kier molecular flexibility index (Phi) is 5.31. The molecule has 4 bridgehead atoms. The Labute approximate surface area is 268 Å². The van der Waals surface area contributed by atoms with Crippen LogP contribution >= 0.6 is 0 Å². The number of furan rings is 2. The van der Waals surface area contributed by atoms with Crippen molar-refractivity contribution in [1.82, 2.24) is 0 Å². The largest absolute Gasteiger partial charge is 0.456 e. The Morgan fingerprint density at radius 3 is 1.72 bits per heavy atom. The third kappa shape index (κ3) is 3.55. The van der Waals surface area contributed by atoms with Gasteiger partial charge in [-0.2, -0.15) is 0 Å². The molecule has 3 nitrogen and oxygen atoms in total. The summed E-state index contributed by atoms with van der Waals surface area (Å²) in [6.07, 6.45) is 12.0. The van der Waals surface area contributed by atoms with E-state index in [0.717, 1.165) is 22.3 Å². The van der Waals surface area contributed by atoms with Gasteiger partial charge in [0.1, 0.15) is 22.3 Å². The predicted octanol–water partition coefficient (Wildman–Crippen LogP) is 12.9. The summed E-state index contributed by atoms with van der Waals surface area (Å²) in [4.78, 5) is 2.66. The topological polar surface area (TPSA) is 29.5 Å². The molecule has 6 aliphatic carbocycles. The van der Waals surface area contributed by atoms with Crippen molar-refractivity contribution in [3.05, 3.63) is 113 Å². The molecule has 46 heavy (non-hydrogen) atoms. The number of para-hydroxylation sites is 2. The van der Waals surface area contributed by atoms with E-state index in [4.69, 9.17) is 8.83 Å². The van der Waals surface area contributed by atoms with Gasteiger partial charge in [-0.15, -0.1) is 0 Å². The molecule has 0 aliphatic heterocycles. The SMILES string of the molecule is c1ccc2c(c1)oc1cc(N(c3ccc4oc5ccccc5c4c3)c3c4c(cc5c3C3CCC5CC3)C3CCCC4CC3)ccc12. The van der Waals surface area contributed by atoms with Gasteiger partial charge in [0.05, 0.1) is 5.69 Å². The number of rotatable bonds is 3. The van der Waals surface area contributed by atoms with E-state index in [1.54, 1.807) is 22.3 Å². The normalized spacial score (nSPS) is 23.3. The molecule has 5 aromatic carbocycles. The predicted molar refractivity (Wildman–Crippen MR) is 188 cm³/mol. The quantitative estimate of drug-likeness (QED) is 0.202. The summed E-state index contributed by atoms with van der Waals surface area (Å²) in [5.41, 5.74) is 14.4. The van der Waals surface area contributed by atoms with E-state index in [9.17, 15) is 0 Å². The van der Waals surface area contributed by atoms with Crippen molar-refractivity contribution in [2.75, 3.05) is 4.90 Å². The first-order chi connectivity index (χ1) is 22.8. The van der Waals surface area contributed by atoms with Crippen LogP contribution in [-0.2, 0) is 0 Å². The summed E-state index contributed by atoms with van der Waals surface area (Å²) in [7, 11) is 0. The molecule has 0 radical (unpaired) electrons. The number of anilines is 3. The van der Waals surface area contributed by atoms with Gasteiger partial charge in [-0.25, -0.2) is 0 Å². The zero-order valence-electron chi connectivity index (χ0n) is 26.1. The van der Waals surface area contributed by atoms with Crippen LogP contribution in [0.4, 0.5) is 17.1 Å². The first kappa shape index (κ1) is 25.7. The Bertz CT molecular complexity index is 2340. The van der Waals surface area contributed by atoms with Crippen molar-refractivity contribution in [3.63, 3.8) is 0 Å². The number of nitrogens with zero attached hydrogens (tertiary/aromatic N) is 1. The fraction of sp³-hybridized carbons (Fsp3) is 0.302. The van der Waals surface area contributed by atoms with Crippen molar-refractivity contribution in [1.29, 1.82) is 0 Å². The molecular weight excluding hydrogens is 562 g/mol. The standard InChI is InChI=1S/C43H37NO2/c1-3-10-37-31(8-1)33-20-18-30(23-40(33)46-37)44(29-19-21-39-36(22-29)32-9-2-4-11-38(32)45-39)43-41-27-7-5-6-25(12-15-27)34(41)24-35-26-13-16-28(17-14-26)42(35)43/h1-4,8-11,18-28H,5-7,12-17H2. The van der Waals surface area contributed by atoms with Gasteiger partial charge >= 0.3 is 0 Å². The molecule has 2 fully saturated rings. The van der Waals surface area contributed by atoms with Crippen LogP contribution in [0.1, 0.15) is 104 Å². The van der Waals surface area contributed by atoms with Crippen molar-refractivity contribution >= 4 is 60.9 Å². The summed E-state index contributed by atoms with van der Waals surface area (Å²) in [6.45, 7) is 0. The molecule has 0 saturated heterocycles. The Balaban J connectivity index is 1.24. The first-order valence-corrected chi connectivity index (χ1v) is 17.6. The summed E-state index contributed by atoms with van der Waals surface area (Å²) >= 11 is 0. The molecule has 2 saturated carbocycles. The lowest BCUT2D eigenvalue weighted by molar-refractivity contribution is 0.357. The van der Waals surface area contributed by atoms with Crippen molar-refractivity contribution in [3.8, 4) is 0 Å². The van der Waals surface area contributed by atoms with Gasteiger partial charge in [0.15, 0.2) is 0 Å². The second-order valence-electron chi connectivity index (χ2n) is 14.6. The monoisotopic (exact) mass is 599 g/mol. The maximum Gasteiger partial charge on any atom is 0.137 e. The zero-order valence-corrected chi connectivity index (χ0v) is 26.1. The summed E-state index contributed by atoms with van der Waals surface area (Å²) < 4.78 is 12.9. The van der Waals surface area contributed by atoms with Gasteiger partial charge in [0.2, 0.25) is 0 Å². The Hall–Kier alpha value is -4.50. The lowest BCUT2D eigenvalue weighted by Gasteiger charge is -2.45. The van der Waals surface area contributed by atoms with E-state index in [1.165, 1.54) is 96.4 Å². The van der Waals surface area contributed by atoms with Crippen LogP contribution in [0.2, 0.25) is 0 Å². The molecule has 226 valence electrons. The molecule has 6 aliphatic rings. The molecular formula is C43H37NO2. The van der Waals surface area contributed by atoms with Gasteiger partial charge in [0.25, 0.3) is 0 Å². The molecule has 2 heterocycles. The van der Waals surface area contributed by atoms with Gasteiger partial charge in [-0.1, -0.05) is 48.9 Å². The highest BCUT2D eigenvalue weighted by molar-refractivity contribution is 6.08. The molecule has 3 heteroatoms. The molecule has 0 spiro atoms. The number of hydrogen-bond acceptors (Lipinski definition) is 3. The fourth-order valence-electron chi connectivity index (χ4n) is 10.2. The van der Waals surface area contributed by atoms with Gasteiger partial charge in [-0.05, 0) is 140 Å². The highest BCUT2D eigenvalue weighted by Gasteiger charge is 2.42. The van der Waals surface area contributed by atoms with Crippen LogP contribution in [0.3, 0.4) is 0 Å². The minimum absolute atomic E-state index is 0.630. The van der Waals surface area contributed by atoms with E-state index in [2.05, 4.69) is 95.9 Å². The van der Waals surface area contributed by atoms with Crippen LogP contribution in [0.15, 0.2) is 99.8 Å². The average molecular weight is 600 g/mol. The van der Waals surface area contributed by atoms with Gasteiger partial charge in [-0.3, -0.25) is 0 Å². The van der Waals surface area contributed by atoms with Crippen molar-refractivity contribution in [2.45, 2.75) is 81.5 Å². The summed E-state index contributed by atoms with van der Waals surface area (Å²) in [5, 5.41) is 4.73. The van der Waals surface area contributed by atoms with Crippen LogP contribution in [0, 0.1) is 0 Å². The van der Waals surface area contributed by atoms with Crippen LogP contribution in [0.25, 0.3) is 43.9 Å². The van der Waals surface area contributed by atoms with Crippen molar-refractivity contribution in [2.24, 2.45) is 0 Å². The van der Waals surface area contributed by atoms with Crippen LogP contribution in [0.5, 0.6) is 0 Å². The minimum Gasteiger partial charge on any atom is -0.456 e. The number of benzene rings is 5. The summed E-state index contributed by atoms with van der Waals surface area (Å²) in [5.74, 6) is 2.66. The fourth-order valence-corrected chi connectivity index (χ4v) is 10.2. The minimum atomic E-state index is 0.630. The van der Waals surface area contributed by atoms with E-state index in [-0.39, 0.29) is 0 Å². The molecule has 13 rings (SSSR count). The molecule has 2 unspecified atom stereocenters. The van der Waals surface area contributed by atoms with E-state index in [1.807, 2.05) is 0 Å². The second kappa shape index (κ2) is 9.51. The maximum absolute atomic E-state index is 6.53. The number of hydrogen-bond donors (Lipinski definition) is 0. The van der Waals surface area contributed by atoms with Gasteiger partial charge < -0.3 is 13.7 Å². The molecule has 0 N–H and O–H groups in total. The highest BCUT2D eigenvalue weighted by atomic mass is 16.3. The third-order valence-corrected chi connectivity index (χ3v) is 12.3. The molecule has 2 atom stereocenters. The molecule has 0 amide bonds. The second-order valence-corrected chi connectivity index (χ2v) is 14.6. The van der Waals surface area contributed by atoms with Crippen molar-refractivity contribution < 1.29 is 8.83 Å². The maximum atomic E-state index is 6.53. The Morgan fingerprint density at radius 2 is 0.957 bits per heavy atom. The first-order valence-electron chi connectivity index (χ1n) is 17.6. The van der Waals surface area contributed by atoms with E-state index in [0.29, 0.717) is 23.7 Å². The zero-order chi connectivity index (χ0) is 29.9. The summed E-state index contributed by atoms with van der Waals surface area (Å²) in [6, 6.07) is 33.5. The lowest BCUT2D eigenvalue weighted by atomic mass is 9.63. The Morgan fingerprint density at radius 1 is 0.435 bits per heavy atom. The smallest absolute Gasteiger partial charge is 0.137 e. The molecule has 7 aromatic rings. The average Bonchev–Trinajstić information content (AvgIpc) is 3.49. The number of fused-ring (bicyclic) bond motifs is 11. The van der Waals surface area contributed by atoms with Crippen LogP contribution < -0.4 is 4.90 Å². The van der Waals surface area contributed by atoms with E-state index < -0.39 is 0 Å². The lowest BCUT2D eigenvalue weighted by Crippen LogP contribution is -2.28. The van der Waals surface area contributed by atoms with Gasteiger partial charge in [0, 0.05) is 39.0 Å². The van der Waals surface area contributed by atoms with E-state index >= 15 is 0 Å².